The zero-order chi connectivity index (χ0) is 26.5. The van der Waals surface area contributed by atoms with E-state index in [1.807, 2.05) is 0 Å². The van der Waals surface area contributed by atoms with E-state index >= 15 is 0 Å². The van der Waals surface area contributed by atoms with Crippen molar-refractivity contribution < 1.29 is 27.8 Å². The summed E-state index contributed by atoms with van der Waals surface area (Å²) in [6, 6.07) is 14.5. The van der Waals surface area contributed by atoms with Crippen molar-refractivity contribution in [3.8, 4) is 11.5 Å². The molecule has 0 aliphatic carbocycles. The summed E-state index contributed by atoms with van der Waals surface area (Å²) in [5, 5.41) is 2.40. The Morgan fingerprint density at radius 1 is 1.03 bits per heavy atom. The number of amides is 2. The van der Waals surface area contributed by atoms with Crippen LogP contribution in [0.25, 0.3) is 6.08 Å². The fourth-order valence-corrected chi connectivity index (χ4v) is 4.06. The van der Waals surface area contributed by atoms with E-state index in [4.69, 9.17) is 21.7 Å². The van der Waals surface area contributed by atoms with E-state index < -0.39 is 17.6 Å². The molecule has 4 rings (SSSR count). The first kappa shape index (κ1) is 25.7. The van der Waals surface area contributed by atoms with Gasteiger partial charge in [-0.2, -0.15) is 0 Å². The van der Waals surface area contributed by atoms with Crippen molar-refractivity contribution in [3.63, 3.8) is 0 Å². The van der Waals surface area contributed by atoms with Crippen molar-refractivity contribution >= 4 is 40.9 Å². The van der Waals surface area contributed by atoms with Crippen LogP contribution < -0.4 is 19.7 Å². The number of carbonyl (C=O) groups is 2. The first-order chi connectivity index (χ1) is 17.8. The van der Waals surface area contributed by atoms with Crippen molar-refractivity contribution in [2.45, 2.75) is 13.0 Å². The van der Waals surface area contributed by atoms with Gasteiger partial charge in [0.25, 0.3) is 11.8 Å². The maximum atomic E-state index is 13.4. The molecule has 0 aromatic heterocycles. The Kier molecular flexibility index (Phi) is 7.74. The third kappa shape index (κ3) is 5.73. The van der Waals surface area contributed by atoms with E-state index in [2.05, 4.69) is 11.9 Å². The third-order valence-electron chi connectivity index (χ3n) is 5.53. The molecular formula is C28H22F2N2O4S. The fourth-order valence-electron chi connectivity index (χ4n) is 3.77. The minimum absolute atomic E-state index is 0.103. The smallest absolute Gasteiger partial charge is 0.270 e. The molecular weight excluding hydrogens is 498 g/mol. The number of methoxy groups -OCH3 is 1. The molecule has 3 aromatic rings. The van der Waals surface area contributed by atoms with Crippen LogP contribution in [0.3, 0.4) is 0 Å². The maximum Gasteiger partial charge on any atom is 0.270 e. The number of hydrogen-bond acceptors (Lipinski definition) is 5. The van der Waals surface area contributed by atoms with Gasteiger partial charge in [-0.15, -0.1) is 6.58 Å². The van der Waals surface area contributed by atoms with E-state index in [1.165, 1.54) is 49.6 Å². The summed E-state index contributed by atoms with van der Waals surface area (Å²) in [6.07, 6.45) is 3.52. The molecule has 37 heavy (non-hydrogen) atoms. The third-order valence-corrected chi connectivity index (χ3v) is 5.82. The van der Waals surface area contributed by atoms with Gasteiger partial charge < -0.3 is 9.47 Å². The Balaban J connectivity index is 1.69. The highest BCUT2D eigenvalue weighted by Crippen LogP contribution is 2.35. The lowest BCUT2D eigenvalue weighted by atomic mass is 10.0. The molecule has 3 aromatic carbocycles. The molecule has 1 saturated heterocycles. The van der Waals surface area contributed by atoms with Gasteiger partial charge in [-0.25, -0.2) is 8.78 Å². The lowest BCUT2D eigenvalue weighted by molar-refractivity contribution is -0.122. The van der Waals surface area contributed by atoms with E-state index in [0.29, 0.717) is 34.7 Å². The molecule has 2 amide bonds. The molecule has 0 atom stereocenters. The predicted molar refractivity (Wildman–Crippen MR) is 140 cm³/mol. The summed E-state index contributed by atoms with van der Waals surface area (Å²) in [7, 11) is 1.47. The first-order valence-electron chi connectivity index (χ1n) is 11.2. The van der Waals surface area contributed by atoms with Crippen molar-refractivity contribution in [2.24, 2.45) is 0 Å². The lowest BCUT2D eigenvalue weighted by Crippen LogP contribution is -2.54. The molecule has 1 N–H and O–H groups in total. The van der Waals surface area contributed by atoms with Crippen LogP contribution in [0.4, 0.5) is 14.5 Å². The van der Waals surface area contributed by atoms with Crippen LogP contribution in [-0.4, -0.2) is 24.0 Å². The molecule has 188 valence electrons. The van der Waals surface area contributed by atoms with Crippen LogP contribution in [0.15, 0.2) is 78.9 Å². The summed E-state index contributed by atoms with van der Waals surface area (Å²) in [6.45, 7) is 3.96. The van der Waals surface area contributed by atoms with Gasteiger partial charge >= 0.3 is 0 Å². The Morgan fingerprint density at radius 3 is 2.30 bits per heavy atom. The standard InChI is InChI=1S/C28H22F2N2O4S/c1-3-4-19-13-18(15-24(35-2)25(19)36-16-17-5-7-20(29)8-6-17)14-23-26(33)31-28(37)32(27(23)34)22-11-9-21(30)10-12-22/h3,5-15H,1,4,16H2,2H3,(H,31,33,37)/b23-14-. The second kappa shape index (κ2) is 11.1. The molecule has 0 saturated carbocycles. The van der Waals surface area contributed by atoms with Crippen LogP contribution in [0.1, 0.15) is 16.7 Å². The predicted octanol–water partition coefficient (Wildman–Crippen LogP) is 5.11. The number of allylic oxidation sites excluding steroid dienone is 1. The molecule has 0 radical (unpaired) electrons. The van der Waals surface area contributed by atoms with Crippen molar-refractivity contribution in [2.75, 3.05) is 12.0 Å². The van der Waals surface area contributed by atoms with Crippen LogP contribution in [0, 0.1) is 11.6 Å². The maximum absolute atomic E-state index is 13.4. The van der Waals surface area contributed by atoms with E-state index in [9.17, 15) is 18.4 Å². The lowest BCUT2D eigenvalue weighted by Gasteiger charge is -2.29. The SMILES string of the molecule is C=CCc1cc(/C=C2/C(=O)NC(=S)N(c3ccc(F)cc3)C2=O)cc(OC)c1OCc1ccc(F)cc1. The van der Waals surface area contributed by atoms with Gasteiger partial charge in [-0.05, 0) is 84.4 Å². The zero-order valence-electron chi connectivity index (χ0n) is 19.8. The number of anilines is 1. The van der Waals surface area contributed by atoms with E-state index in [0.717, 1.165) is 10.5 Å². The molecule has 1 aliphatic rings. The summed E-state index contributed by atoms with van der Waals surface area (Å²) >= 11 is 5.19. The highest BCUT2D eigenvalue weighted by molar-refractivity contribution is 7.80. The Bertz CT molecular complexity index is 1400. The summed E-state index contributed by atoms with van der Waals surface area (Å²) in [5.74, 6) is -1.28. The minimum atomic E-state index is -0.658. The van der Waals surface area contributed by atoms with Gasteiger partial charge in [0.1, 0.15) is 23.8 Å². The highest BCUT2D eigenvalue weighted by Gasteiger charge is 2.34. The number of rotatable bonds is 8. The van der Waals surface area contributed by atoms with Crippen LogP contribution >= 0.6 is 12.2 Å². The number of nitrogens with zero attached hydrogens (tertiary/aromatic N) is 1. The average molecular weight is 521 g/mol. The second-order valence-corrected chi connectivity index (χ2v) is 8.44. The molecule has 1 fully saturated rings. The van der Waals surface area contributed by atoms with Crippen LogP contribution in [-0.2, 0) is 22.6 Å². The molecule has 0 unspecified atom stereocenters. The van der Waals surface area contributed by atoms with Gasteiger partial charge in [0, 0.05) is 5.56 Å². The Labute approximate surface area is 217 Å². The monoisotopic (exact) mass is 520 g/mol. The Hall–Kier alpha value is -4.37. The van der Waals surface area contributed by atoms with Gasteiger partial charge in [0.05, 0.1) is 12.8 Å². The number of ether oxygens (including phenoxy) is 2. The zero-order valence-corrected chi connectivity index (χ0v) is 20.6. The first-order valence-corrected chi connectivity index (χ1v) is 11.6. The number of nitrogens with one attached hydrogen (secondary N) is 1. The van der Waals surface area contributed by atoms with E-state index in [1.54, 1.807) is 30.3 Å². The minimum Gasteiger partial charge on any atom is -0.493 e. The summed E-state index contributed by atoms with van der Waals surface area (Å²) in [5.41, 5.74) is 2.13. The molecule has 1 aliphatic heterocycles. The number of thiocarbonyl (C=S) groups is 1. The van der Waals surface area contributed by atoms with Crippen LogP contribution in [0.5, 0.6) is 11.5 Å². The molecule has 0 spiro atoms. The van der Waals surface area contributed by atoms with Gasteiger partial charge in [0.15, 0.2) is 16.6 Å². The summed E-state index contributed by atoms with van der Waals surface area (Å²) < 4.78 is 38.2. The van der Waals surface area contributed by atoms with Crippen molar-refractivity contribution in [1.29, 1.82) is 0 Å². The normalized spacial score (nSPS) is 14.5. The number of benzene rings is 3. The fraction of sp³-hybridized carbons (Fsp3) is 0.107. The largest absolute Gasteiger partial charge is 0.493 e. The molecule has 6 nitrogen and oxygen atoms in total. The van der Waals surface area contributed by atoms with E-state index in [-0.39, 0.29) is 23.1 Å². The molecule has 1 heterocycles. The topological polar surface area (TPSA) is 67.9 Å². The number of halogens is 2. The van der Waals surface area contributed by atoms with Crippen molar-refractivity contribution in [3.05, 3.63) is 107 Å². The number of carbonyl (C=O) groups excluding carboxylic acids is 2. The number of hydrogen-bond donors (Lipinski definition) is 1. The van der Waals surface area contributed by atoms with Crippen LogP contribution in [0.2, 0.25) is 0 Å². The Morgan fingerprint density at radius 2 is 1.68 bits per heavy atom. The van der Waals surface area contributed by atoms with Crippen molar-refractivity contribution in [1.82, 2.24) is 5.32 Å². The quantitative estimate of drug-likeness (QED) is 0.194. The average Bonchev–Trinajstić information content (AvgIpc) is 2.88. The van der Waals surface area contributed by atoms with Gasteiger partial charge in [-0.1, -0.05) is 18.2 Å². The van der Waals surface area contributed by atoms with Gasteiger partial charge in [-0.3, -0.25) is 19.8 Å². The van der Waals surface area contributed by atoms with Gasteiger partial charge in [0.2, 0.25) is 0 Å². The molecule has 0 bridgehead atoms. The highest BCUT2D eigenvalue weighted by atomic mass is 32.1. The second-order valence-electron chi connectivity index (χ2n) is 8.05. The summed E-state index contributed by atoms with van der Waals surface area (Å²) in [4.78, 5) is 27.1. The molecule has 9 heteroatoms.